The summed E-state index contributed by atoms with van der Waals surface area (Å²) in [6.07, 6.45) is 6.59. The van der Waals surface area contributed by atoms with Crippen LogP contribution < -0.4 is 15.4 Å². The van der Waals surface area contributed by atoms with Gasteiger partial charge in [-0.25, -0.2) is 29.5 Å². The summed E-state index contributed by atoms with van der Waals surface area (Å²) in [5.41, 5.74) is 4.30. The summed E-state index contributed by atoms with van der Waals surface area (Å²) in [7, 11) is 1.67. The lowest BCUT2D eigenvalue weighted by Crippen LogP contribution is -2.12. The van der Waals surface area contributed by atoms with E-state index in [2.05, 4.69) is 36.6 Å². The van der Waals surface area contributed by atoms with Crippen LogP contribution in [0.1, 0.15) is 69.9 Å². The number of anilines is 2. The number of ether oxygens (including phenoxy) is 3. The van der Waals surface area contributed by atoms with Gasteiger partial charge in [-0.05, 0) is 88.8 Å². The first kappa shape index (κ1) is 36.2. The molecule has 2 heterocycles. The topological polar surface area (TPSA) is 158 Å². The standard InChI is InChI=1S/C18H23N3O3.C17H21N3O3/c1-4-24-17(22)16-12-20-18(21-13(16)2)19-10-6-8-14-7-5-9-15(11-14)23-3;1-3-23-16(22)15-11-19-17(20-12(15)2)18-9-5-7-13-6-4-8-14(21)10-13/h5,7,9,11-12H,4,6,8,10H2,1-3H3,(H,19,20,21);4,6,8,10-11,21H,3,5,7,9H2,1-2H3,(H,18,19,20). The number of carbonyl (C=O) groups excluding carboxylic acids is 2. The van der Waals surface area contributed by atoms with Gasteiger partial charge >= 0.3 is 11.9 Å². The van der Waals surface area contributed by atoms with Gasteiger partial charge in [-0.1, -0.05) is 24.3 Å². The van der Waals surface area contributed by atoms with Gasteiger partial charge in [0.2, 0.25) is 11.9 Å². The van der Waals surface area contributed by atoms with E-state index >= 15 is 0 Å². The number of phenolic OH excluding ortho intramolecular Hbond substituents is 1. The Morgan fingerprint density at radius 1 is 0.745 bits per heavy atom. The first-order valence-corrected chi connectivity index (χ1v) is 15.6. The van der Waals surface area contributed by atoms with E-state index in [0.717, 1.165) is 43.5 Å². The Kier molecular flexibility index (Phi) is 14.9. The minimum atomic E-state index is -0.402. The van der Waals surface area contributed by atoms with Crippen molar-refractivity contribution in [1.29, 1.82) is 0 Å². The van der Waals surface area contributed by atoms with Crippen molar-refractivity contribution < 1.29 is 28.9 Å². The van der Waals surface area contributed by atoms with Crippen LogP contribution in [0.15, 0.2) is 60.9 Å². The van der Waals surface area contributed by atoms with Crippen molar-refractivity contribution >= 4 is 23.8 Å². The van der Waals surface area contributed by atoms with E-state index in [1.165, 1.54) is 18.0 Å². The van der Waals surface area contributed by atoms with E-state index in [-0.39, 0.29) is 11.7 Å². The van der Waals surface area contributed by atoms with Gasteiger partial charge in [0, 0.05) is 25.5 Å². The summed E-state index contributed by atoms with van der Waals surface area (Å²) in [5, 5.41) is 15.7. The Labute approximate surface area is 276 Å². The van der Waals surface area contributed by atoms with Gasteiger partial charge in [-0.15, -0.1) is 0 Å². The minimum absolute atomic E-state index is 0.281. The third-order valence-corrected chi connectivity index (χ3v) is 6.84. The number of hydrogen-bond acceptors (Lipinski definition) is 12. The molecule has 0 saturated carbocycles. The van der Waals surface area contributed by atoms with Crippen LogP contribution in [0.5, 0.6) is 11.5 Å². The highest BCUT2D eigenvalue weighted by molar-refractivity contribution is 5.90. The van der Waals surface area contributed by atoms with Crippen molar-refractivity contribution in [2.24, 2.45) is 0 Å². The van der Waals surface area contributed by atoms with Crippen LogP contribution in [0.2, 0.25) is 0 Å². The summed E-state index contributed by atoms with van der Waals surface area (Å²) < 4.78 is 15.1. The fourth-order valence-electron chi connectivity index (χ4n) is 4.45. The van der Waals surface area contributed by atoms with Crippen LogP contribution in [0.25, 0.3) is 0 Å². The number of esters is 2. The Morgan fingerprint density at radius 3 is 1.68 bits per heavy atom. The molecular formula is C35H44N6O6. The maximum Gasteiger partial charge on any atom is 0.341 e. The van der Waals surface area contributed by atoms with Crippen molar-refractivity contribution in [3.05, 3.63) is 94.6 Å². The molecule has 4 aromatic rings. The fraction of sp³-hybridized carbons (Fsp3) is 0.371. The van der Waals surface area contributed by atoms with E-state index in [1.54, 1.807) is 46.9 Å². The van der Waals surface area contributed by atoms with Gasteiger partial charge < -0.3 is 30.0 Å². The van der Waals surface area contributed by atoms with Crippen LogP contribution in [-0.4, -0.2) is 70.4 Å². The lowest BCUT2D eigenvalue weighted by molar-refractivity contribution is 0.0514. The van der Waals surface area contributed by atoms with Gasteiger partial charge in [0.1, 0.15) is 11.5 Å². The maximum absolute atomic E-state index is 11.7. The average Bonchev–Trinajstić information content (AvgIpc) is 3.06. The molecule has 0 bridgehead atoms. The molecule has 3 N–H and O–H groups in total. The van der Waals surface area contributed by atoms with Crippen LogP contribution in [-0.2, 0) is 22.3 Å². The van der Waals surface area contributed by atoms with Gasteiger partial charge in [0.15, 0.2) is 0 Å². The third-order valence-electron chi connectivity index (χ3n) is 6.84. The number of nitrogens with one attached hydrogen (secondary N) is 2. The van der Waals surface area contributed by atoms with Crippen molar-refractivity contribution in [3.8, 4) is 11.5 Å². The summed E-state index contributed by atoms with van der Waals surface area (Å²) >= 11 is 0. The van der Waals surface area contributed by atoms with E-state index in [9.17, 15) is 14.7 Å². The molecule has 0 unspecified atom stereocenters. The molecule has 4 rings (SSSR count). The van der Waals surface area contributed by atoms with Crippen LogP contribution in [0.4, 0.5) is 11.9 Å². The number of benzene rings is 2. The zero-order chi connectivity index (χ0) is 34.0. The second-order valence-corrected chi connectivity index (χ2v) is 10.4. The number of methoxy groups -OCH3 is 1. The average molecular weight is 645 g/mol. The predicted molar refractivity (Wildman–Crippen MR) is 180 cm³/mol. The molecule has 2 aromatic carbocycles. The van der Waals surface area contributed by atoms with Gasteiger partial charge in [-0.2, -0.15) is 0 Å². The zero-order valence-corrected chi connectivity index (χ0v) is 27.7. The molecule has 12 heteroatoms. The van der Waals surface area contributed by atoms with Crippen molar-refractivity contribution in [2.45, 2.75) is 53.4 Å². The van der Waals surface area contributed by atoms with Gasteiger partial charge in [0.05, 0.1) is 42.8 Å². The molecule has 0 atom stereocenters. The SMILES string of the molecule is CCOC(=O)c1cnc(NCCCc2cccc(O)c2)nc1C.CCOC(=O)c1cnc(NCCCc2cccc(OC)c2)nc1C. The predicted octanol–water partition coefficient (Wildman–Crippen LogP) is 5.73. The fourth-order valence-corrected chi connectivity index (χ4v) is 4.45. The molecule has 0 spiro atoms. The molecule has 47 heavy (non-hydrogen) atoms. The normalized spacial score (nSPS) is 10.3. The quantitative estimate of drug-likeness (QED) is 0.107. The van der Waals surface area contributed by atoms with E-state index in [4.69, 9.17) is 14.2 Å². The Bertz CT molecular complexity index is 1600. The smallest absolute Gasteiger partial charge is 0.341 e. The number of aryl methyl sites for hydroxylation is 4. The molecule has 2 aromatic heterocycles. The van der Waals surface area contributed by atoms with E-state index in [0.29, 0.717) is 54.2 Å². The Balaban J connectivity index is 0.000000256. The third kappa shape index (κ3) is 12.2. The lowest BCUT2D eigenvalue weighted by Gasteiger charge is -2.08. The molecule has 12 nitrogen and oxygen atoms in total. The molecular weight excluding hydrogens is 600 g/mol. The van der Waals surface area contributed by atoms with E-state index < -0.39 is 5.97 Å². The monoisotopic (exact) mass is 644 g/mol. The lowest BCUT2D eigenvalue weighted by atomic mass is 10.1. The van der Waals surface area contributed by atoms with Gasteiger partial charge in [0.25, 0.3) is 0 Å². The summed E-state index contributed by atoms with van der Waals surface area (Å²) in [6.45, 7) is 9.17. The highest BCUT2D eigenvalue weighted by Crippen LogP contribution is 2.15. The van der Waals surface area contributed by atoms with Crippen molar-refractivity contribution in [3.63, 3.8) is 0 Å². The molecule has 250 valence electrons. The minimum Gasteiger partial charge on any atom is -0.508 e. The molecule has 0 aliphatic carbocycles. The number of hydrogen-bond donors (Lipinski definition) is 3. The maximum atomic E-state index is 11.7. The highest BCUT2D eigenvalue weighted by atomic mass is 16.5. The number of phenols is 1. The zero-order valence-electron chi connectivity index (χ0n) is 27.7. The molecule has 0 amide bonds. The Hall–Kier alpha value is -5.26. The number of nitrogens with zero attached hydrogens (tertiary/aromatic N) is 4. The Morgan fingerprint density at radius 2 is 1.23 bits per heavy atom. The first-order valence-electron chi connectivity index (χ1n) is 15.6. The number of carbonyl (C=O) groups is 2. The number of aromatic hydroxyl groups is 1. The first-order chi connectivity index (χ1) is 22.7. The van der Waals surface area contributed by atoms with Crippen molar-refractivity contribution in [1.82, 2.24) is 19.9 Å². The molecule has 0 aliphatic heterocycles. The summed E-state index contributed by atoms with van der Waals surface area (Å²) in [4.78, 5) is 40.3. The molecule has 0 aliphatic rings. The van der Waals surface area contributed by atoms with Gasteiger partial charge in [-0.3, -0.25) is 0 Å². The molecule has 0 fully saturated rings. The van der Waals surface area contributed by atoms with E-state index in [1.807, 2.05) is 30.3 Å². The van der Waals surface area contributed by atoms with Crippen molar-refractivity contribution in [2.75, 3.05) is 44.0 Å². The highest BCUT2D eigenvalue weighted by Gasteiger charge is 2.13. The van der Waals surface area contributed by atoms with Crippen LogP contribution in [0.3, 0.4) is 0 Å². The second kappa shape index (κ2) is 19.3. The molecule has 0 radical (unpaired) electrons. The van der Waals surface area contributed by atoms with Crippen LogP contribution in [0, 0.1) is 13.8 Å². The molecule has 0 saturated heterocycles. The summed E-state index contributed by atoms with van der Waals surface area (Å²) in [5.74, 6) is 1.37. The number of rotatable bonds is 15. The summed E-state index contributed by atoms with van der Waals surface area (Å²) in [6, 6.07) is 15.3. The van der Waals surface area contributed by atoms with Crippen LogP contribution >= 0.6 is 0 Å². The number of aromatic nitrogens is 4. The largest absolute Gasteiger partial charge is 0.508 e. The second-order valence-electron chi connectivity index (χ2n) is 10.4.